The van der Waals surface area contributed by atoms with E-state index < -0.39 is 13.4 Å². The average molecular weight is 359 g/mol. The molecule has 0 radical (unpaired) electrons. The highest BCUT2D eigenvalue weighted by atomic mass is 31.2. The van der Waals surface area contributed by atoms with E-state index in [1.165, 1.54) is 14.2 Å². The first-order valence-electron chi connectivity index (χ1n) is 7.82. The Balaban J connectivity index is 3.35. The van der Waals surface area contributed by atoms with Crippen LogP contribution in [0.25, 0.3) is 0 Å². The number of hydrogen-bond acceptors (Lipinski definition) is 6. The molecule has 0 spiro atoms. The monoisotopic (exact) mass is 359 g/mol. The highest BCUT2D eigenvalue weighted by Gasteiger charge is 2.38. The van der Waals surface area contributed by atoms with Gasteiger partial charge in [0.15, 0.2) is 11.5 Å². The van der Waals surface area contributed by atoms with Crippen LogP contribution in [0.2, 0.25) is 0 Å². The van der Waals surface area contributed by atoms with E-state index in [4.69, 9.17) is 18.5 Å². The summed E-state index contributed by atoms with van der Waals surface area (Å²) in [6.07, 6.45) is 0. The lowest BCUT2D eigenvalue weighted by Crippen LogP contribution is -2.40. The summed E-state index contributed by atoms with van der Waals surface area (Å²) in [7, 11) is 2.52. The zero-order chi connectivity index (χ0) is 18.5. The maximum Gasteiger partial charge on any atom is 0.351 e. The lowest BCUT2D eigenvalue weighted by Gasteiger charge is -2.34. The van der Waals surface area contributed by atoms with E-state index >= 15 is 0 Å². The summed E-state index contributed by atoms with van der Waals surface area (Å²) in [6, 6.07) is 5.46. The van der Waals surface area contributed by atoms with Gasteiger partial charge < -0.3 is 18.5 Å². The second-order valence-corrected chi connectivity index (χ2v) is 9.00. The fourth-order valence-electron chi connectivity index (χ4n) is 2.17. The van der Waals surface area contributed by atoms with Crippen molar-refractivity contribution in [2.24, 2.45) is 5.41 Å². The van der Waals surface area contributed by atoms with Crippen LogP contribution in [-0.4, -0.2) is 34.5 Å². The van der Waals surface area contributed by atoms with Crippen LogP contribution in [0.15, 0.2) is 18.2 Å². The number of benzene rings is 1. The predicted molar refractivity (Wildman–Crippen MR) is 96.0 cm³/mol. The summed E-state index contributed by atoms with van der Waals surface area (Å²) in [4.78, 5) is 0. The van der Waals surface area contributed by atoms with E-state index in [0.717, 1.165) is 5.56 Å². The van der Waals surface area contributed by atoms with Gasteiger partial charge in [-0.2, -0.15) is 0 Å². The molecule has 0 aliphatic heterocycles. The molecule has 1 N–H and O–H groups in total. The highest BCUT2D eigenvalue weighted by Crippen LogP contribution is 2.59. The maximum atomic E-state index is 13.1. The van der Waals surface area contributed by atoms with Gasteiger partial charge in [-0.25, -0.2) is 0 Å². The predicted octanol–water partition coefficient (Wildman–Crippen LogP) is 4.21. The molecule has 0 aromatic heterocycles. The van der Waals surface area contributed by atoms with Crippen LogP contribution in [0.4, 0.5) is 0 Å². The molecule has 0 saturated heterocycles. The molecule has 0 saturated carbocycles. The van der Waals surface area contributed by atoms with Crippen molar-refractivity contribution < 1.29 is 23.1 Å². The molecule has 0 aliphatic carbocycles. The summed E-state index contributed by atoms with van der Waals surface area (Å²) in [5.74, 6) is 0.541. The van der Waals surface area contributed by atoms with Crippen molar-refractivity contribution in [3.05, 3.63) is 23.8 Å². The molecule has 2 atom stereocenters. The van der Waals surface area contributed by atoms with Crippen molar-refractivity contribution in [3.8, 4) is 11.5 Å². The summed E-state index contributed by atoms with van der Waals surface area (Å²) in [5.41, 5.74) is 0.719. The van der Waals surface area contributed by atoms with Gasteiger partial charge in [0.25, 0.3) is 0 Å². The van der Waals surface area contributed by atoms with Crippen molar-refractivity contribution >= 4 is 7.60 Å². The third kappa shape index (κ3) is 4.73. The van der Waals surface area contributed by atoms with E-state index in [1.807, 2.05) is 13.0 Å². The number of ether oxygens (including phenoxy) is 2. The molecule has 7 heteroatoms. The zero-order valence-corrected chi connectivity index (χ0v) is 16.8. The van der Waals surface area contributed by atoms with Crippen LogP contribution < -0.4 is 14.8 Å². The molecule has 0 amide bonds. The number of rotatable bonds is 8. The fraction of sp³-hybridized carbons (Fsp3) is 0.647. The van der Waals surface area contributed by atoms with Crippen molar-refractivity contribution in [1.29, 1.82) is 0 Å². The summed E-state index contributed by atoms with van der Waals surface area (Å²) < 4.78 is 34.2. The van der Waals surface area contributed by atoms with Gasteiger partial charge in [-0.3, -0.25) is 9.88 Å². The topological polar surface area (TPSA) is 66.0 Å². The molecular formula is C17H30NO5P. The Labute approximate surface area is 145 Å². The van der Waals surface area contributed by atoms with Crippen molar-refractivity contribution in [2.45, 2.75) is 39.5 Å². The zero-order valence-electron chi connectivity index (χ0n) is 15.9. The second-order valence-electron chi connectivity index (χ2n) is 6.68. The van der Waals surface area contributed by atoms with Crippen LogP contribution in [0.1, 0.15) is 39.0 Å². The summed E-state index contributed by atoms with van der Waals surface area (Å²) in [6.45, 7) is 8.38. The molecule has 0 unspecified atom stereocenters. The smallest absolute Gasteiger partial charge is 0.351 e. The molecule has 1 rings (SSSR count). The van der Waals surface area contributed by atoms with Gasteiger partial charge in [-0.1, -0.05) is 26.8 Å². The lowest BCUT2D eigenvalue weighted by molar-refractivity contribution is 0.233. The van der Waals surface area contributed by atoms with Crippen LogP contribution in [0.5, 0.6) is 11.5 Å². The standard InChI is InChI=1S/C17H30NO5P/c1-12(17(2,3)4)18-16(24(19,22-7)23-8)13-9-10-14(20-5)15(11-13)21-6/h9-12,16,18H,1-8H3/t12-,16-/m0/s1. The number of nitrogens with one attached hydrogen (secondary N) is 1. The molecule has 0 heterocycles. The quantitative estimate of drug-likeness (QED) is 0.701. The maximum absolute atomic E-state index is 13.1. The minimum atomic E-state index is -3.40. The van der Waals surface area contributed by atoms with E-state index in [9.17, 15) is 4.57 Å². The number of methoxy groups -OCH3 is 2. The Morgan fingerprint density at radius 3 is 1.96 bits per heavy atom. The molecule has 1 aromatic carbocycles. The first-order valence-corrected chi connectivity index (χ1v) is 9.43. The van der Waals surface area contributed by atoms with Gasteiger partial charge in [-0.15, -0.1) is 0 Å². The summed E-state index contributed by atoms with van der Waals surface area (Å²) in [5, 5.41) is 3.39. The Bertz CT molecular complexity index is 577. The Hall–Kier alpha value is -1.07. The molecule has 0 fully saturated rings. The molecule has 6 nitrogen and oxygen atoms in total. The summed E-state index contributed by atoms with van der Waals surface area (Å²) >= 11 is 0. The largest absolute Gasteiger partial charge is 0.493 e. The lowest BCUT2D eigenvalue weighted by atomic mass is 9.88. The van der Waals surface area contributed by atoms with Gasteiger partial charge in [0.1, 0.15) is 5.78 Å². The van der Waals surface area contributed by atoms with Crippen molar-refractivity contribution in [2.75, 3.05) is 28.4 Å². The molecular weight excluding hydrogens is 329 g/mol. The Morgan fingerprint density at radius 2 is 1.54 bits per heavy atom. The van der Waals surface area contributed by atoms with E-state index in [1.54, 1.807) is 26.4 Å². The van der Waals surface area contributed by atoms with Gasteiger partial charge in [0.2, 0.25) is 0 Å². The molecule has 0 bridgehead atoms. The van der Waals surface area contributed by atoms with Crippen molar-refractivity contribution in [1.82, 2.24) is 5.32 Å². The molecule has 1 aromatic rings. The first kappa shape index (κ1) is 21.0. The van der Waals surface area contributed by atoms with E-state index in [0.29, 0.717) is 11.5 Å². The van der Waals surface area contributed by atoms with E-state index in [2.05, 4.69) is 26.1 Å². The van der Waals surface area contributed by atoms with Crippen LogP contribution in [-0.2, 0) is 13.6 Å². The van der Waals surface area contributed by atoms with Crippen LogP contribution in [0.3, 0.4) is 0 Å². The normalized spacial score (nSPS) is 15.0. The third-order valence-corrected chi connectivity index (χ3v) is 6.35. The molecule has 138 valence electrons. The van der Waals surface area contributed by atoms with Crippen molar-refractivity contribution in [3.63, 3.8) is 0 Å². The van der Waals surface area contributed by atoms with Gasteiger partial charge in [0, 0.05) is 20.3 Å². The third-order valence-electron chi connectivity index (χ3n) is 4.26. The van der Waals surface area contributed by atoms with Gasteiger partial charge in [0.05, 0.1) is 14.2 Å². The first-order chi connectivity index (χ1) is 11.1. The minimum Gasteiger partial charge on any atom is -0.493 e. The Kier molecular flexibility index (Phi) is 7.29. The second kappa shape index (κ2) is 8.34. The SMILES string of the molecule is COc1ccc([C@@H](N[C@@H](C)C(C)(C)C)P(=O)(OC)OC)cc1OC. The van der Waals surface area contributed by atoms with Crippen LogP contribution >= 0.6 is 7.60 Å². The van der Waals surface area contributed by atoms with Gasteiger partial charge in [-0.05, 0) is 30.0 Å². The Morgan fingerprint density at radius 1 is 1.00 bits per heavy atom. The fourth-order valence-corrected chi connectivity index (χ4v) is 3.67. The minimum absolute atomic E-state index is 0.0267. The molecule has 24 heavy (non-hydrogen) atoms. The highest BCUT2D eigenvalue weighted by molar-refractivity contribution is 7.54. The average Bonchev–Trinajstić information content (AvgIpc) is 2.57. The number of hydrogen-bond donors (Lipinski definition) is 1. The van der Waals surface area contributed by atoms with Gasteiger partial charge >= 0.3 is 7.60 Å². The van der Waals surface area contributed by atoms with Crippen LogP contribution in [0, 0.1) is 5.41 Å². The van der Waals surface area contributed by atoms with E-state index in [-0.39, 0.29) is 11.5 Å². The molecule has 0 aliphatic rings.